The zero-order chi connectivity index (χ0) is 30.7. The maximum absolute atomic E-state index is 13.9. The first-order valence-electron chi connectivity index (χ1n) is 13.6. The van der Waals surface area contributed by atoms with Gasteiger partial charge in [-0.15, -0.1) is 0 Å². The van der Waals surface area contributed by atoms with Crippen LogP contribution in [0.1, 0.15) is 36.6 Å². The highest BCUT2D eigenvalue weighted by molar-refractivity contribution is 7.07. The highest BCUT2D eigenvalue weighted by atomic mass is 32.1. The van der Waals surface area contributed by atoms with Crippen molar-refractivity contribution in [1.82, 2.24) is 4.57 Å². The molecule has 0 saturated carbocycles. The van der Waals surface area contributed by atoms with Crippen molar-refractivity contribution in [3.63, 3.8) is 0 Å². The Morgan fingerprint density at radius 1 is 1.12 bits per heavy atom. The van der Waals surface area contributed by atoms with E-state index in [-0.39, 0.29) is 24.5 Å². The zero-order valence-corrected chi connectivity index (χ0v) is 25.0. The van der Waals surface area contributed by atoms with Gasteiger partial charge in [0, 0.05) is 31.9 Å². The van der Waals surface area contributed by atoms with Gasteiger partial charge in [-0.3, -0.25) is 19.5 Å². The van der Waals surface area contributed by atoms with Crippen LogP contribution in [0.25, 0.3) is 6.08 Å². The predicted octanol–water partition coefficient (Wildman–Crippen LogP) is 4.35. The van der Waals surface area contributed by atoms with Gasteiger partial charge >= 0.3 is 5.97 Å². The fraction of sp³-hybridized carbons (Fsp3) is 0.219. The smallest absolute Gasteiger partial charge is 0.338 e. The molecule has 1 atom stereocenters. The van der Waals surface area contributed by atoms with Gasteiger partial charge in [0.2, 0.25) is 0 Å². The molecule has 1 aromatic heterocycles. The second-order valence-electron chi connectivity index (χ2n) is 10.1. The van der Waals surface area contributed by atoms with Gasteiger partial charge in [-0.25, -0.2) is 9.79 Å². The Morgan fingerprint density at radius 3 is 2.49 bits per heavy atom. The van der Waals surface area contributed by atoms with Crippen molar-refractivity contribution < 1.29 is 19.2 Å². The fourth-order valence-electron chi connectivity index (χ4n) is 4.79. The van der Waals surface area contributed by atoms with Crippen molar-refractivity contribution in [3.8, 4) is 5.75 Å². The van der Waals surface area contributed by atoms with Gasteiger partial charge in [0.05, 0.1) is 33.4 Å². The third kappa shape index (κ3) is 6.26. The van der Waals surface area contributed by atoms with Crippen molar-refractivity contribution >= 4 is 34.8 Å². The number of hydrogen-bond donors (Lipinski definition) is 0. The molecule has 0 amide bonds. The molecule has 5 rings (SSSR count). The number of benzene rings is 3. The third-order valence-electron chi connectivity index (χ3n) is 6.95. The van der Waals surface area contributed by atoms with Crippen molar-refractivity contribution in [3.05, 3.63) is 131 Å². The number of ether oxygens (including phenoxy) is 2. The lowest BCUT2D eigenvalue weighted by molar-refractivity contribution is -0.384. The van der Waals surface area contributed by atoms with Crippen molar-refractivity contribution in [2.45, 2.75) is 26.5 Å². The number of carbonyl (C=O) groups excluding carboxylic acids is 1. The van der Waals surface area contributed by atoms with E-state index in [2.05, 4.69) is 4.99 Å². The summed E-state index contributed by atoms with van der Waals surface area (Å²) < 4.78 is 13.3. The van der Waals surface area contributed by atoms with E-state index in [1.807, 2.05) is 61.5 Å². The van der Waals surface area contributed by atoms with E-state index in [4.69, 9.17) is 9.47 Å². The molecule has 2 heterocycles. The molecule has 0 N–H and O–H groups in total. The monoisotopic (exact) mass is 598 g/mol. The molecule has 4 aromatic rings. The molecule has 0 saturated heterocycles. The Hall–Kier alpha value is -5.03. The van der Waals surface area contributed by atoms with Crippen LogP contribution in [0.2, 0.25) is 0 Å². The molecule has 0 fully saturated rings. The summed E-state index contributed by atoms with van der Waals surface area (Å²) >= 11 is 1.25. The molecule has 43 heavy (non-hydrogen) atoms. The number of hydrogen-bond acceptors (Lipinski definition) is 9. The SMILES string of the molecule is CCOC(=O)C1=C(C)N=c2sc(=Cc3cccc(OCc4ccc([N+](=O)[O-])cc4)c3)c(=O)n2C1c1ccc(N(C)C)cc1. The summed E-state index contributed by atoms with van der Waals surface area (Å²) in [5, 5.41) is 10.9. The minimum atomic E-state index is -0.690. The molecule has 1 aliphatic rings. The molecule has 0 radical (unpaired) electrons. The Balaban J connectivity index is 1.50. The van der Waals surface area contributed by atoms with Crippen LogP contribution in [0.3, 0.4) is 0 Å². The van der Waals surface area contributed by atoms with E-state index in [1.54, 1.807) is 42.7 Å². The van der Waals surface area contributed by atoms with Gasteiger partial charge in [-0.05, 0) is 73.0 Å². The lowest BCUT2D eigenvalue weighted by Crippen LogP contribution is -2.39. The van der Waals surface area contributed by atoms with Crippen LogP contribution in [0.4, 0.5) is 11.4 Å². The standard InChI is InChI=1S/C32H30N4O6S/c1-5-41-31(38)28-20(2)33-32-35(29(28)23-11-15-24(16-12-23)34(3)4)30(37)27(43-32)18-22-7-6-8-26(17-22)42-19-21-9-13-25(14-10-21)36(39)40/h6-18,29H,5,19H2,1-4H3. The van der Waals surface area contributed by atoms with Crippen LogP contribution in [-0.2, 0) is 16.1 Å². The van der Waals surface area contributed by atoms with Crippen molar-refractivity contribution in [1.29, 1.82) is 0 Å². The molecule has 220 valence electrons. The lowest BCUT2D eigenvalue weighted by Gasteiger charge is -2.25. The summed E-state index contributed by atoms with van der Waals surface area (Å²) in [6.45, 7) is 3.94. The maximum Gasteiger partial charge on any atom is 0.338 e. The molecule has 0 bridgehead atoms. The quantitative estimate of drug-likeness (QED) is 0.160. The molecular weight excluding hydrogens is 568 g/mol. The van der Waals surface area contributed by atoms with Gasteiger partial charge in [-0.1, -0.05) is 35.6 Å². The van der Waals surface area contributed by atoms with Crippen LogP contribution in [0.5, 0.6) is 5.75 Å². The van der Waals surface area contributed by atoms with Gasteiger partial charge in [0.25, 0.3) is 11.2 Å². The van der Waals surface area contributed by atoms with E-state index in [0.717, 1.165) is 22.4 Å². The molecule has 3 aromatic carbocycles. The summed E-state index contributed by atoms with van der Waals surface area (Å²) in [5.74, 6) is 0.0803. The van der Waals surface area contributed by atoms with Crippen LogP contribution in [0, 0.1) is 10.1 Å². The van der Waals surface area contributed by atoms with Crippen LogP contribution in [-0.4, -0.2) is 36.2 Å². The van der Waals surface area contributed by atoms with E-state index in [0.29, 0.717) is 26.4 Å². The van der Waals surface area contributed by atoms with E-state index in [9.17, 15) is 19.7 Å². The second kappa shape index (κ2) is 12.5. The number of anilines is 1. The number of fused-ring (bicyclic) bond motifs is 1. The summed E-state index contributed by atoms with van der Waals surface area (Å²) in [5.41, 5.74) is 3.90. The Morgan fingerprint density at radius 2 is 1.84 bits per heavy atom. The first kappa shape index (κ1) is 29.5. The number of nitrogens with zero attached hydrogens (tertiary/aromatic N) is 4. The Bertz CT molecular complexity index is 1890. The Labute approximate surface area is 251 Å². The average molecular weight is 599 g/mol. The van der Waals surface area contributed by atoms with Crippen molar-refractivity contribution in [2.75, 3.05) is 25.6 Å². The van der Waals surface area contributed by atoms with Crippen LogP contribution in [0.15, 0.2) is 93.9 Å². The highest BCUT2D eigenvalue weighted by Gasteiger charge is 2.33. The average Bonchev–Trinajstić information content (AvgIpc) is 3.29. The number of nitro benzene ring substituents is 1. The number of thiazole rings is 1. The number of carbonyl (C=O) groups is 1. The molecule has 0 spiro atoms. The number of nitro groups is 1. The lowest BCUT2D eigenvalue weighted by atomic mass is 9.95. The summed E-state index contributed by atoms with van der Waals surface area (Å²) in [6.07, 6.45) is 1.78. The van der Waals surface area contributed by atoms with Crippen LogP contribution < -0.4 is 24.5 Å². The number of non-ortho nitro benzene ring substituents is 1. The number of rotatable bonds is 9. The molecule has 1 aliphatic heterocycles. The predicted molar refractivity (Wildman–Crippen MR) is 165 cm³/mol. The molecule has 1 unspecified atom stereocenters. The topological polar surface area (TPSA) is 116 Å². The van der Waals surface area contributed by atoms with E-state index < -0.39 is 16.9 Å². The highest BCUT2D eigenvalue weighted by Crippen LogP contribution is 2.31. The number of esters is 1. The minimum Gasteiger partial charge on any atom is -0.489 e. The minimum absolute atomic E-state index is 0.0181. The first-order valence-corrected chi connectivity index (χ1v) is 14.4. The van der Waals surface area contributed by atoms with Crippen molar-refractivity contribution in [2.24, 2.45) is 4.99 Å². The second-order valence-corrected chi connectivity index (χ2v) is 11.1. The zero-order valence-electron chi connectivity index (χ0n) is 24.1. The van der Waals surface area contributed by atoms with E-state index >= 15 is 0 Å². The van der Waals surface area contributed by atoms with Gasteiger partial charge in [-0.2, -0.15) is 0 Å². The van der Waals surface area contributed by atoms with E-state index in [1.165, 1.54) is 23.5 Å². The van der Waals surface area contributed by atoms with Gasteiger partial charge < -0.3 is 14.4 Å². The summed E-state index contributed by atoms with van der Waals surface area (Å²) in [6, 6.07) is 20.5. The van der Waals surface area contributed by atoms with Crippen LogP contribution >= 0.6 is 11.3 Å². The largest absolute Gasteiger partial charge is 0.489 e. The molecule has 0 aliphatic carbocycles. The van der Waals surface area contributed by atoms with Gasteiger partial charge in [0.1, 0.15) is 12.4 Å². The van der Waals surface area contributed by atoms with Gasteiger partial charge in [0.15, 0.2) is 4.80 Å². The number of aromatic nitrogens is 1. The number of allylic oxidation sites excluding steroid dienone is 1. The fourth-order valence-corrected chi connectivity index (χ4v) is 5.83. The molecular formula is C32H30N4O6S. The first-order chi connectivity index (χ1) is 20.7. The molecule has 10 nitrogen and oxygen atoms in total. The Kier molecular flexibility index (Phi) is 8.53. The maximum atomic E-state index is 13.9. The third-order valence-corrected chi connectivity index (χ3v) is 7.93. The molecule has 11 heteroatoms. The summed E-state index contributed by atoms with van der Waals surface area (Å²) in [7, 11) is 3.89. The summed E-state index contributed by atoms with van der Waals surface area (Å²) in [4.78, 5) is 44.6. The normalized spacial score (nSPS) is 14.6.